The molecule has 0 aliphatic rings. The SMILES string of the molecule is Cc1cn(Cc2ccc(C(=O)O)o2)c(=O)[nH]c1=O. The van der Waals surface area contributed by atoms with E-state index < -0.39 is 17.2 Å². The molecule has 2 aromatic rings. The van der Waals surface area contributed by atoms with Gasteiger partial charge in [0.2, 0.25) is 5.76 Å². The minimum Gasteiger partial charge on any atom is -0.475 e. The van der Waals surface area contributed by atoms with Crippen LogP contribution in [0.25, 0.3) is 0 Å². The van der Waals surface area contributed by atoms with Crippen molar-refractivity contribution >= 4 is 5.97 Å². The summed E-state index contributed by atoms with van der Waals surface area (Å²) in [5.41, 5.74) is -0.625. The second kappa shape index (κ2) is 4.36. The van der Waals surface area contributed by atoms with Gasteiger partial charge in [0.05, 0.1) is 6.54 Å². The summed E-state index contributed by atoms with van der Waals surface area (Å²) in [6.45, 7) is 1.63. The van der Waals surface area contributed by atoms with E-state index in [9.17, 15) is 14.4 Å². The van der Waals surface area contributed by atoms with E-state index >= 15 is 0 Å². The van der Waals surface area contributed by atoms with Crippen molar-refractivity contribution in [3.05, 3.63) is 56.3 Å². The van der Waals surface area contributed by atoms with Crippen LogP contribution >= 0.6 is 0 Å². The highest BCUT2D eigenvalue weighted by molar-refractivity contribution is 5.84. The molecule has 7 heteroatoms. The lowest BCUT2D eigenvalue weighted by Gasteiger charge is -2.03. The number of carboxylic acid groups (broad SMARTS) is 1. The van der Waals surface area contributed by atoms with Crippen LogP contribution in [0, 0.1) is 6.92 Å². The Kier molecular flexibility index (Phi) is 2.88. The third kappa shape index (κ3) is 2.24. The first-order chi connectivity index (χ1) is 8.47. The van der Waals surface area contributed by atoms with Crippen molar-refractivity contribution in [3.63, 3.8) is 0 Å². The maximum Gasteiger partial charge on any atom is 0.371 e. The highest BCUT2D eigenvalue weighted by Crippen LogP contribution is 2.08. The van der Waals surface area contributed by atoms with Gasteiger partial charge in [0.1, 0.15) is 5.76 Å². The lowest BCUT2D eigenvalue weighted by molar-refractivity contribution is 0.0660. The summed E-state index contributed by atoms with van der Waals surface area (Å²) >= 11 is 0. The van der Waals surface area contributed by atoms with Crippen molar-refractivity contribution < 1.29 is 14.3 Å². The average Bonchev–Trinajstić information content (AvgIpc) is 2.74. The Morgan fingerprint density at radius 2 is 2.17 bits per heavy atom. The molecule has 2 aromatic heterocycles. The van der Waals surface area contributed by atoms with Crippen LogP contribution in [0.1, 0.15) is 21.9 Å². The van der Waals surface area contributed by atoms with Crippen LogP contribution in [0.5, 0.6) is 0 Å². The van der Waals surface area contributed by atoms with Crippen LogP contribution in [-0.2, 0) is 6.54 Å². The smallest absolute Gasteiger partial charge is 0.371 e. The molecule has 0 atom stereocenters. The number of rotatable bonds is 3. The van der Waals surface area contributed by atoms with Crippen molar-refractivity contribution in [1.29, 1.82) is 0 Å². The summed E-state index contributed by atoms with van der Waals surface area (Å²) in [7, 11) is 0. The molecule has 0 saturated carbocycles. The van der Waals surface area contributed by atoms with Crippen molar-refractivity contribution in [2.45, 2.75) is 13.5 Å². The monoisotopic (exact) mass is 250 g/mol. The van der Waals surface area contributed by atoms with Gasteiger partial charge >= 0.3 is 11.7 Å². The van der Waals surface area contributed by atoms with E-state index in [1.807, 2.05) is 0 Å². The van der Waals surface area contributed by atoms with Gasteiger partial charge in [-0.1, -0.05) is 0 Å². The molecule has 2 heterocycles. The second-order valence-electron chi connectivity index (χ2n) is 3.77. The van der Waals surface area contributed by atoms with Gasteiger partial charge < -0.3 is 9.52 Å². The molecule has 0 bridgehead atoms. The Morgan fingerprint density at radius 3 is 2.78 bits per heavy atom. The summed E-state index contributed by atoms with van der Waals surface area (Å²) in [6, 6.07) is 2.78. The third-order valence-electron chi connectivity index (χ3n) is 2.39. The number of carbonyl (C=O) groups is 1. The molecule has 18 heavy (non-hydrogen) atoms. The van der Waals surface area contributed by atoms with Gasteiger partial charge in [-0.2, -0.15) is 0 Å². The second-order valence-corrected chi connectivity index (χ2v) is 3.77. The van der Waals surface area contributed by atoms with Crippen LogP contribution in [0.15, 0.2) is 32.3 Å². The number of nitrogens with one attached hydrogen (secondary N) is 1. The van der Waals surface area contributed by atoms with Crippen LogP contribution in [0.2, 0.25) is 0 Å². The molecule has 0 fully saturated rings. The fourth-order valence-corrected chi connectivity index (χ4v) is 1.48. The molecule has 0 aliphatic carbocycles. The highest BCUT2D eigenvalue weighted by atomic mass is 16.4. The Labute approximate surface area is 100 Å². The summed E-state index contributed by atoms with van der Waals surface area (Å²) in [5.74, 6) is -1.05. The van der Waals surface area contributed by atoms with E-state index in [2.05, 4.69) is 4.98 Å². The number of carboxylic acids is 1. The van der Waals surface area contributed by atoms with Gasteiger partial charge in [-0.15, -0.1) is 0 Å². The predicted molar refractivity (Wildman–Crippen MR) is 60.8 cm³/mol. The lowest BCUT2D eigenvalue weighted by Crippen LogP contribution is -2.30. The van der Waals surface area contributed by atoms with Gasteiger partial charge in [0.15, 0.2) is 0 Å². The molecule has 7 nitrogen and oxygen atoms in total. The van der Waals surface area contributed by atoms with E-state index in [1.54, 1.807) is 6.92 Å². The molecular formula is C11H10N2O5. The van der Waals surface area contributed by atoms with Crippen LogP contribution in [0.3, 0.4) is 0 Å². The van der Waals surface area contributed by atoms with E-state index in [4.69, 9.17) is 9.52 Å². The predicted octanol–water partition coefficient (Wildman–Crippen LogP) is 0.185. The minimum absolute atomic E-state index is 0.0593. The number of nitrogens with zero attached hydrogens (tertiary/aromatic N) is 1. The van der Waals surface area contributed by atoms with Gasteiger partial charge in [0, 0.05) is 11.8 Å². The maximum atomic E-state index is 11.5. The number of hydrogen-bond donors (Lipinski definition) is 2. The molecule has 0 aromatic carbocycles. The topological polar surface area (TPSA) is 105 Å². The Hall–Kier alpha value is -2.57. The van der Waals surface area contributed by atoms with Gasteiger partial charge in [-0.05, 0) is 19.1 Å². The van der Waals surface area contributed by atoms with E-state index in [0.717, 1.165) is 0 Å². The van der Waals surface area contributed by atoms with Crippen molar-refractivity contribution in [2.75, 3.05) is 0 Å². The molecule has 0 saturated heterocycles. The van der Waals surface area contributed by atoms with Crippen molar-refractivity contribution in [2.24, 2.45) is 0 Å². The summed E-state index contributed by atoms with van der Waals surface area (Å²) in [6.07, 6.45) is 1.39. The first kappa shape index (κ1) is 11.9. The number of aromatic amines is 1. The van der Waals surface area contributed by atoms with Crippen molar-refractivity contribution in [1.82, 2.24) is 9.55 Å². The number of H-pyrrole nitrogens is 1. The first-order valence-corrected chi connectivity index (χ1v) is 5.10. The van der Waals surface area contributed by atoms with Gasteiger partial charge in [-0.25, -0.2) is 9.59 Å². The average molecular weight is 250 g/mol. The quantitative estimate of drug-likeness (QED) is 0.808. The maximum absolute atomic E-state index is 11.5. The molecule has 2 rings (SSSR count). The fourth-order valence-electron chi connectivity index (χ4n) is 1.48. The molecular weight excluding hydrogens is 240 g/mol. The van der Waals surface area contributed by atoms with E-state index in [0.29, 0.717) is 11.3 Å². The van der Waals surface area contributed by atoms with E-state index in [-0.39, 0.29) is 12.3 Å². The number of furan rings is 1. The van der Waals surface area contributed by atoms with Crippen molar-refractivity contribution in [3.8, 4) is 0 Å². The zero-order valence-electron chi connectivity index (χ0n) is 9.47. The summed E-state index contributed by atoms with van der Waals surface area (Å²) < 4.78 is 6.26. The summed E-state index contributed by atoms with van der Waals surface area (Å²) in [5, 5.41) is 8.69. The molecule has 94 valence electrons. The van der Waals surface area contributed by atoms with Crippen LogP contribution < -0.4 is 11.2 Å². The van der Waals surface area contributed by atoms with Crippen LogP contribution in [-0.4, -0.2) is 20.6 Å². The molecule has 0 amide bonds. The Bertz CT molecular complexity index is 707. The first-order valence-electron chi connectivity index (χ1n) is 5.10. The largest absolute Gasteiger partial charge is 0.475 e. The number of hydrogen-bond acceptors (Lipinski definition) is 4. The Balaban J connectivity index is 2.34. The fraction of sp³-hybridized carbons (Fsp3) is 0.182. The standard InChI is InChI=1S/C11H10N2O5/c1-6-4-13(11(17)12-9(6)14)5-7-2-3-8(18-7)10(15)16/h2-4H,5H2,1H3,(H,15,16)(H,12,14,17). The zero-order valence-corrected chi connectivity index (χ0v) is 9.47. The van der Waals surface area contributed by atoms with Gasteiger partial charge in [-0.3, -0.25) is 14.3 Å². The minimum atomic E-state index is -1.17. The molecule has 0 radical (unpaired) electrons. The highest BCUT2D eigenvalue weighted by Gasteiger charge is 2.10. The van der Waals surface area contributed by atoms with Gasteiger partial charge in [0.25, 0.3) is 5.56 Å². The van der Waals surface area contributed by atoms with Crippen LogP contribution in [0.4, 0.5) is 0 Å². The molecule has 0 spiro atoms. The number of aryl methyl sites for hydroxylation is 1. The third-order valence-corrected chi connectivity index (χ3v) is 2.39. The molecule has 0 aliphatic heterocycles. The lowest BCUT2D eigenvalue weighted by atomic mass is 10.3. The number of aromatic carboxylic acids is 1. The zero-order chi connectivity index (χ0) is 13.3. The molecule has 0 unspecified atom stereocenters. The Morgan fingerprint density at radius 1 is 1.44 bits per heavy atom. The summed E-state index contributed by atoms with van der Waals surface area (Å²) in [4.78, 5) is 35.4. The normalized spacial score (nSPS) is 10.5. The molecule has 2 N–H and O–H groups in total. The van der Waals surface area contributed by atoms with E-state index in [1.165, 1.54) is 22.9 Å². The number of aromatic nitrogens is 2.